The molecule has 0 spiro atoms. The van der Waals surface area contributed by atoms with Gasteiger partial charge in [-0.05, 0) is 45.1 Å². The summed E-state index contributed by atoms with van der Waals surface area (Å²) < 4.78 is 0. The number of nitrogens with zero attached hydrogens (tertiary/aromatic N) is 3. The summed E-state index contributed by atoms with van der Waals surface area (Å²) in [6, 6.07) is 5.11. The maximum absolute atomic E-state index is 9.43. The van der Waals surface area contributed by atoms with Crippen LogP contribution in [0.4, 0.5) is 5.69 Å². The van der Waals surface area contributed by atoms with Crippen molar-refractivity contribution >= 4 is 5.69 Å². The van der Waals surface area contributed by atoms with Gasteiger partial charge in [-0.2, -0.15) is 5.26 Å². The van der Waals surface area contributed by atoms with Crippen LogP contribution in [0.2, 0.25) is 0 Å². The molecule has 0 N–H and O–H groups in total. The van der Waals surface area contributed by atoms with Gasteiger partial charge in [0.1, 0.15) is 6.07 Å². The van der Waals surface area contributed by atoms with Crippen molar-refractivity contribution in [3.8, 4) is 6.07 Å². The molecular formula is C16H21N3. The molecule has 1 saturated carbocycles. The first kappa shape index (κ1) is 12.5. The topological polar surface area (TPSA) is 39.9 Å². The van der Waals surface area contributed by atoms with Gasteiger partial charge >= 0.3 is 0 Å². The number of rotatable bonds is 1. The lowest BCUT2D eigenvalue weighted by molar-refractivity contribution is 0.342. The zero-order valence-electron chi connectivity index (χ0n) is 11.8. The molecule has 19 heavy (non-hydrogen) atoms. The first-order valence-corrected chi connectivity index (χ1v) is 7.35. The van der Waals surface area contributed by atoms with Crippen LogP contribution in [0, 0.1) is 31.1 Å². The molecule has 100 valence electrons. The van der Waals surface area contributed by atoms with Crippen LogP contribution in [-0.4, -0.2) is 17.6 Å². The predicted octanol–water partition coefficient (Wildman–Crippen LogP) is 3.34. The van der Waals surface area contributed by atoms with Crippen molar-refractivity contribution in [2.24, 2.45) is 5.92 Å². The number of aryl methyl sites for hydroxylation is 2. The Bertz CT molecular complexity index is 530. The Kier molecular flexibility index (Phi) is 3.18. The number of nitriles is 1. The maximum atomic E-state index is 9.43. The Balaban J connectivity index is 2.00. The third-order valence-electron chi connectivity index (χ3n) is 4.74. The minimum atomic E-state index is 0.655. The highest BCUT2D eigenvalue weighted by Gasteiger charge is 2.36. The zero-order valence-corrected chi connectivity index (χ0v) is 11.8. The third-order valence-corrected chi connectivity index (χ3v) is 4.74. The molecule has 3 rings (SSSR count). The molecule has 2 fully saturated rings. The Morgan fingerprint density at radius 2 is 2.05 bits per heavy atom. The standard InChI is InChI=1S/C16H21N3/c1-11-9-16(14(10-17)12(2)18-11)19-8-7-13-5-3-4-6-15(13)19/h9,13,15H,3-8H2,1-2H3. The van der Waals surface area contributed by atoms with Gasteiger partial charge in [0.15, 0.2) is 0 Å². The van der Waals surface area contributed by atoms with E-state index in [-0.39, 0.29) is 0 Å². The molecule has 0 radical (unpaired) electrons. The SMILES string of the molecule is Cc1cc(N2CCC3CCCCC32)c(C#N)c(C)n1. The highest BCUT2D eigenvalue weighted by Crippen LogP contribution is 2.40. The van der Waals surface area contributed by atoms with Gasteiger partial charge in [-0.3, -0.25) is 4.98 Å². The van der Waals surface area contributed by atoms with Crippen molar-refractivity contribution in [3.63, 3.8) is 0 Å². The molecule has 1 aliphatic carbocycles. The summed E-state index contributed by atoms with van der Waals surface area (Å²) in [5, 5.41) is 9.43. The Morgan fingerprint density at radius 3 is 2.84 bits per heavy atom. The monoisotopic (exact) mass is 255 g/mol. The molecule has 2 heterocycles. The minimum absolute atomic E-state index is 0.655. The molecule has 1 aromatic rings. The summed E-state index contributed by atoms with van der Waals surface area (Å²) in [6.07, 6.45) is 6.66. The molecule has 2 unspecified atom stereocenters. The molecule has 0 aromatic carbocycles. The van der Waals surface area contributed by atoms with Gasteiger partial charge in [-0.15, -0.1) is 0 Å². The third kappa shape index (κ3) is 2.10. The number of hydrogen-bond acceptors (Lipinski definition) is 3. The first-order valence-electron chi connectivity index (χ1n) is 7.35. The number of pyridine rings is 1. The van der Waals surface area contributed by atoms with Crippen LogP contribution in [0.25, 0.3) is 0 Å². The van der Waals surface area contributed by atoms with Crippen LogP contribution < -0.4 is 4.90 Å². The summed E-state index contributed by atoms with van der Waals surface area (Å²) >= 11 is 0. The van der Waals surface area contributed by atoms with Crippen molar-refractivity contribution < 1.29 is 0 Å². The fourth-order valence-electron chi connectivity index (χ4n) is 3.88. The molecule has 3 nitrogen and oxygen atoms in total. The first-order chi connectivity index (χ1) is 9.20. The summed E-state index contributed by atoms with van der Waals surface area (Å²) in [5.41, 5.74) is 3.79. The van der Waals surface area contributed by atoms with Crippen molar-refractivity contribution in [1.82, 2.24) is 4.98 Å². The van der Waals surface area contributed by atoms with E-state index >= 15 is 0 Å². The normalized spacial score (nSPS) is 26.1. The van der Waals surface area contributed by atoms with E-state index in [0.29, 0.717) is 6.04 Å². The molecule has 1 aromatic heterocycles. The number of aromatic nitrogens is 1. The minimum Gasteiger partial charge on any atom is -0.367 e. The van der Waals surface area contributed by atoms with Gasteiger partial charge in [-0.25, -0.2) is 0 Å². The molecule has 2 atom stereocenters. The van der Waals surface area contributed by atoms with Crippen molar-refractivity contribution in [2.75, 3.05) is 11.4 Å². The Morgan fingerprint density at radius 1 is 1.26 bits per heavy atom. The number of anilines is 1. The smallest absolute Gasteiger partial charge is 0.103 e. The summed E-state index contributed by atoms with van der Waals surface area (Å²) in [7, 11) is 0. The fraction of sp³-hybridized carbons (Fsp3) is 0.625. The highest BCUT2D eigenvalue weighted by atomic mass is 15.2. The summed E-state index contributed by atoms with van der Waals surface area (Å²) in [4.78, 5) is 6.92. The van der Waals surface area contributed by atoms with E-state index in [1.54, 1.807) is 0 Å². The number of fused-ring (bicyclic) bond motifs is 1. The second kappa shape index (κ2) is 4.85. The van der Waals surface area contributed by atoms with Gasteiger partial charge in [-0.1, -0.05) is 12.8 Å². The molecule has 2 aliphatic rings. The highest BCUT2D eigenvalue weighted by molar-refractivity contribution is 5.62. The van der Waals surface area contributed by atoms with Crippen LogP contribution in [-0.2, 0) is 0 Å². The lowest BCUT2D eigenvalue weighted by Crippen LogP contribution is -2.35. The quantitative estimate of drug-likeness (QED) is 0.772. The van der Waals surface area contributed by atoms with Crippen molar-refractivity contribution in [2.45, 2.75) is 52.0 Å². The van der Waals surface area contributed by atoms with Crippen LogP contribution in [0.5, 0.6) is 0 Å². The van der Waals surface area contributed by atoms with Crippen LogP contribution in [0.15, 0.2) is 6.07 Å². The molecular weight excluding hydrogens is 234 g/mol. The van der Waals surface area contributed by atoms with Crippen molar-refractivity contribution in [1.29, 1.82) is 5.26 Å². The van der Waals surface area contributed by atoms with E-state index < -0.39 is 0 Å². The van der Waals surface area contributed by atoms with E-state index in [9.17, 15) is 5.26 Å². The molecule has 1 aliphatic heterocycles. The Hall–Kier alpha value is -1.56. The van der Waals surface area contributed by atoms with Crippen LogP contribution in [0.3, 0.4) is 0 Å². The van der Waals surface area contributed by atoms with E-state index in [2.05, 4.69) is 22.0 Å². The van der Waals surface area contributed by atoms with Gasteiger partial charge in [0, 0.05) is 18.3 Å². The van der Waals surface area contributed by atoms with Crippen LogP contribution in [0.1, 0.15) is 49.1 Å². The molecule has 0 amide bonds. The van der Waals surface area contributed by atoms with Gasteiger partial charge in [0.2, 0.25) is 0 Å². The van der Waals surface area contributed by atoms with E-state index in [1.165, 1.54) is 32.1 Å². The average Bonchev–Trinajstić information content (AvgIpc) is 2.81. The maximum Gasteiger partial charge on any atom is 0.103 e. The summed E-state index contributed by atoms with van der Waals surface area (Å²) in [5.74, 6) is 0.842. The van der Waals surface area contributed by atoms with E-state index in [0.717, 1.165) is 35.1 Å². The zero-order chi connectivity index (χ0) is 13.4. The Labute approximate surface area is 115 Å². The fourth-order valence-corrected chi connectivity index (χ4v) is 3.88. The number of hydrogen-bond donors (Lipinski definition) is 0. The van der Waals surface area contributed by atoms with Gasteiger partial charge < -0.3 is 4.90 Å². The lowest BCUT2D eigenvalue weighted by atomic mass is 9.85. The molecule has 0 bridgehead atoms. The summed E-state index contributed by atoms with van der Waals surface area (Å²) in [6.45, 7) is 5.07. The predicted molar refractivity (Wildman–Crippen MR) is 76.1 cm³/mol. The van der Waals surface area contributed by atoms with Gasteiger partial charge in [0.05, 0.1) is 16.9 Å². The second-order valence-corrected chi connectivity index (χ2v) is 5.95. The molecule has 3 heteroatoms. The van der Waals surface area contributed by atoms with Gasteiger partial charge in [0.25, 0.3) is 0 Å². The average molecular weight is 255 g/mol. The van der Waals surface area contributed by atoms with E-state index in [4.69, 9.17) is 0 Å². The van der Waals surface area contributed by atoms with Crippen LogP contribution >= 0.6 is 0 Å². The molecule has 1 saturated heterocycles. The largest absolute Gasteiger partial charge is 0.367 e. The second-order valence-electron chi connectivity index (χ2n) is 5.95. The van der Waals surface area contributed by atoms with Crippen molar-refractivity contribution in [3.05, 3.63) is 23.0 Å². The van der Waals surface area contributed by atoms with E-state index in [1.807, 2.05) is 13.8 Å². The lowest BCUT2D eigenvalue weighted by Gasteiger charge is -2.33.